The van der Waals surface area contributed by atoms with E-state index in [1.165, 1.54) is 16.3 Å². The van der Waals surface area contributed by atoms with Crippen molar-refractivity contribution in [1.29, 1.82) is 0 Å². The van der Waals surface area contributed by atoms with E-state index >= 15 is 0 Å². The summed E-state index contributed by atoms with van der Waals surface area (Å²) in [5, 5.41) is 8.88. The first-order valence-electron chi connectivity index (χ1n) is 9.13. The SMILES string of the molecule is Nc1ccn([C@H]2CS[C@@H](CO)O2)c(=O)n1.O=P(O)(O)O.O=P(O)(O)O.O=P(O)(O)O.O=P(O)(O)O.O=P(O)(O)O.O=P(O)(O)O. The number of nitrogen functional groups attached to an aromatic ring is 1. The van der Waals surface area contributed by atoms with Crippen LogP contribution in [0.15, 0.2) is 17.1 Å². The molecule has 0 aromatic carbocycles. The molecule has 0 unspecified atom stereocenters. The van der Waals surface area contributed by atoms with Crippen LogP contribution in [0, 0.1) is 0 Å². The maximum atomic E-state index is 11.4. The van der Waals surface area contributed by atoms with Crippen LogP contribution in [0.3, 0.4) is 0 Å². The summed E-state index contributed by atoms with van der Waals surface area (Å²) in [6, 6.07) is 1.54. The Balaban J connectivity index is -0.000000151. The highest BCUT2D eigenvalue weighted by Gasteiger charge is 2.27. The van der Waals surface area contributed by atoms with Crippen LogP contribution < -0.4 is 11.4 Å². The fourth-order valence-electron chi connectivity index (χ4n) is 1.33. The summed E-state index contributed by atoms with van der Waals surface area (Å²) in [4.78, 5) is 144. The standard InChI is InChI=1S/C8H11N3O3S.6H3O4P/c9-5-1-2-11(8(13)10-5)6-4-15-7(3-12)14-6;6*1-5(2,3)4/h1-2,6-7,12H,3-4H2,(H2,9,10,13);6*(H3,1,2,3,4)/t6-,7+;;;;;;/m1....../s1. The summed E-state index contributed by atoms with van der Waals surface area (Å²) < 4.78 is 60.1. The number of rotatable bonds is 2. The van der Waals surface area contributed by atoms with E-state index in [2.05, 4.69) is 4.98 Å². The predicted molar refractivity (Wildman–Crippen MR) is 142 cm³/mol. The van der Waals surface area contributed by atoms with E-state index in [1.807, 2.05) is 0 Å². The lowest BCUT2D eigenvalue weighted by molar-refractivity contribution is -0.00629. The number of aromatic nitrogens is 2. The zero-order valence-electron chi connectivity index (χ0n) is 21.0. The monoisotopic (exact) mass is 817 g/mol. The van der Waals surface area contributed by atoms with Crippen molar-refractivity contribution in [3.8, 4) is 0 Å². The Morgan fingerprint density at radius 3 is 1.16 bits per heavy atom. The predicted octanol–water partition coefficient (Wildman–Crippen LogP) is -6.17. The van der Waals surface area contributed by atoms with Crippen LogP contribution in [-0.2, 0) is 32.1 Å². The van der Waals surface area contributed by atoms with Gasteiger partial charge in [0.15, 0.2) is 0 Å². The molecule has 45 heavy (non-hydrogen) atoms. The number of nitrogens with zero attached hydrogens (tertiary/aromatic N) is 2. The highest BCUT2D eigenvalue weighted by atomic mass is 32.2. The maximum Gasteiger partial charge on any atom is 0.466 e. The molecule has 0 spiro atoms. The zero-order chi connectivity index (χ0) is 37.8. The van der Waals surface area contributed by atoms with E-state index in [0.29, 0.717) is 5.75 Å². The molecule has 274 valence electrons. The maximum absolute atomic E-state index is 11.4. The molecule has 30 nitrogen and oxygen atoms in total. The molecule has 1 saturated heterocycles. The van der Waals surface area contributed by atoms with Crippen molar-refractivity contribution in [2.75, 3.05) is 18.1 Å². The third-order valence-corrected chi connectivity index (χ3v) is 3.15. The number of aliphatic hydroxyl groups excluding tert-OH is 1. The molecular formula is C8H29N3O27P6S. The molecule has 1 aromatic heterocycles. The summed E-state index contributed by atoms with van der Waals surface area (Å²) in [6.07, 6.45) is 1.18. The number of thioether (sulfide) groups is 1. The first-order valence-corrected chi connectivity index (χ1v) is 19.6. The molecule has 2 atom stereocenters. The Morgan fingerprint density at radius 1 is 0.689 bits per heavy atom. The minimum atomic E-state index is -4.64. The third-order valence-electron chi connectivity index (χ3n) is 2.04. The Morgan fingerprint density at radius 2 is 0.956 bits per heavy atom. The number of hydrogen-bond donors (Lipinski definition) is 20. The molecule has 0 radical (unpaired) electrons. The van der Waals surface area contributed by atoms with Gasteiger partial charge in [0, 0.05) is 11.9 Å². The van der Waals surface area contributed by atoms with Crippen molar-refractivity contribution in [2.45, 2.75) is 11.7 Å². The Labute approximate surface area is 252 Å². The van der Waals surface area contributed by atoms with Crippen LogP contribution in [-0.4, -0.2) is 121 Å². The van der Waals surface area contributed by atoms with Gasteiger partial charge >= 0.3 is 52.6 Å². The number of ether oxygens (including phenoxy) is 1. The van der Waals surface area contributed by atoms with Crippen molar-refractivity contribution in [1.82, 2.24) is 9.55 Å². The molecule has 37 heteroatoms. The average molecular weight is 817 g/mol. The van der Waals surface area contributed by atoms with Gasteiger partial charge in [-0.05, 0) is 6.07 Å². The number of phosphoric acid groups is 6. The van der Waals surface area contributed by atoms with Gasteiger partial charge in [0.25, 0.3) is 0 Å². The molecule has 0 bridgehead atoms. The second-order valence-corrected chi connectivity index (χ2v) is 13.5. The first-order chi connectivity index (χ1) is 19.2. The minimum absolute atomic E-state index is 0.0572. The van der Waals surface area contributed by atoms with Gasteiger partial charge in [-0.1, -0.05) is 0 Å². The molecule has 21 N–H and O–H groups in total. The normalized spacial score (nSPS) is 16.4. The van der Waals surface area contributed by atoms with Crippen LogP contribution in [0.5, 0.6) is 0 Å². The van der Waals surface area contributed by atoms with Gasteiger partial charge in [-0.15, -0.1) is 11.8 Å². The summed E-state index contributed by atoms with van der Waals surface area (Å²) in [5.74, 6) is 0.817. The highest BCUT2D eigenvalue weighted by molar-refractivity contribution is 8.00. The number of nitrogens with two attached hydrogens (primary N) is 1. The molecule has 1 aliphatic rings. The van der Waals surface area contributed by atoms with Gasteiger partial charge in [0.2, 0.25) is 0 Å². The summed E-state index contributed by atoms with van der Waals surface area (Å²) in [6.45, 7) is -0.0572. The van der Waals surface area contributed by atoms with Crippen LogP contribution in [0.4, 0.5) is 5.82 Å². The van der Waals surface area contributed by atoms with Crippen molar-refractivity contribution < 1.29 is 125 Å². The van der Waals surface area contributed by atoms with E-state index in [-0.39, 0.29) is 24.1 Å². The Bertz CT molecular complexity index is 1080. The highest BCUT2D eigenvalue weighted by Crippen LogP contribution is 2.30. The van der Waals surface area contributed by atoms with Crippen molar-refractivity contribution in [2.24, 2.45) is 0 Å². The van der Waals surface area contributed by atoms with Crippen LogP contribution in [0.1, 0.15) is 6.23 Å². The summed E-state index contributed by atoms with van der Waals surface area (Å²) >= 11 is 1.47. The van der Waals surface area contributed by atoms with Crippen molar-refractivity contribution in [3.05, 3.63) is 22.7 Å². The molecule has 1 fully saturated rings. The van der Waals surface area contributed by atoms with Crippen LogP contribution >= 0.6 is 58.7 Å². The third kappa shape index (κ3) is 99.0. The molecule has 1 aliphatic heterocycles. The van der Waals surface area contributed by atoms with Crippen LogP contribution in [0.2, 0.25) is 0 Å². The van der Waals surface area contributed by atoms with Gasteiger partial charge in [-0.2, -0.15) is 4.98 Å². The van der Waals surface area contributed by atoms with Gasteiger partial charge in [0.1, 0.15) is 17.5 Å². The second kappa shape index (κ2) is 23.9. The molecule has 2 heterocycles. The second-order valence-electron chi connectivity index (χ2n) is 6.16. The lowest BCUT2D eigenvalue weighted by Crippen LogP contribution is -2.28. The first kappa shape index (κ1) is 54.1. The van der Waals surface area contributed by atoms with E-state index in [9.17, 15) is 4.79 Å². The Hall–Kier alpha value is -0.390. The minimum Gasteiger partial charge on any atom is -0.393 e. The zero-order valence-corrected chi connectivity index (χ0v) is 27.2. The van der Waals surface area contributed by atoms with Crippen LogP contribution in [0.25, 0.3) is 0 Å². The molecule has 0 saturated carbocycles. The van der Waals surface area contributed by atoms with Gasteiger partial charge in [-0.25, -0.2) is 32.2 Å². The van der Waals surface area contributed by atoms with E-state index in [4.69, 9.17) is 131 Å². The van der Waals surface area contributed by atoms with Crippen molar-refractivity contribution in [3.63, 3.8) is 0 Å². The molecule has 0 amide bonds. The molecular weight excluding hydrogens is 788 g/mol. The van der Waals surface area contributed by atoms with E-state index in [1.54, 1.807) is 12.3 Å². The fraction of sp³-hybridized carbons (Fsp3) is 0.500. The molecule has 0 aliphatic carbocycles. The Kier molecular flexibility index (Phi) is 28.7. The average Bonchev–Trinajstić information content (AvgIpc) is 3.08. The van der Waals surface area contributed by atoms with Crippen molar-refractivity contribution >= 4 is 64.5 Å². The van der Waals surface area contributed by atoms with E-state index < -0.39 is 52.6 Å². The number of hydrogen-bond acceptors (Lipinski definition) is 12. The van der Waals surface area contributed by atoms with E-state index in [0.717, 1.165) is 0 Å². The largest absolute Gasteiger partial charge is 0.466 e. The van der Waals surface area contributed by atoms with Gasteiger partial charge in [0.05, 0.1) is 6.61 Å². The summed E-state index contributed by atoms with van der Waals surface area (Å²) in [7, 11) is -27.8. The smallest absolute Gasteiger partial charge is 0.393 e. The fourth-order valence-corrected chi connectivity index (χ4v) is 2.26. The van der Waals surface area contributed by atoms with Gasteiger partial charge < -0.3 is 104 Å². The summed E-state index contributed by atoms with van der Waals surface area (Å²) in [5.41, 5.74) is 4.67. The number of aliphatic hydroxyl groups is 1. The quantitative estimate of drug-likeness (QED) is 0.123. The molecule has 1 aromatic rings. The van der Waals surface area contributed by atoms with Gasteiger partial charge in [-0.3, -0.25) is 4.57 Å². The lowest BCUT2D eigenvalue weighted by Gasteiger charge is -2.13. The lowest BCUT2D eigenvalue weighted by atomic mass is 10.5. The molecule has 2 rings (SSSR count). The number of anilines is 1. The topological polar surface area (TPSA) is 557 Å².